The number of pyridine rings is 1. The van der Waals surface area contributed by atoms with Gasteiger partial charge in [0.2, 0.25) is 0 Å². The third-order valence-electron chi connectivity index (χ3n) is 5.71. The van der Waals surface area contributed by atoms with E-state index in [1.807, 2.05) is 65.0 Å². The monoisotopic (exact) mass is 472 g/mol. The molecule has 0 aliphatic carbocycles. The molecule has 7 heteroatoms. The summed E-state index contributed by atoms with van der Waals surface area (Å²) in [6.45, 7) is 9.97. The molecule has 4 aromatic rings. The van der Waals surface area contributed by atoms with Gasteiger partial charge < -0.3 is 19.8 Å². The van der Waals surface area contributed by atoms with Crippen LogP contribution in [-0.2, 0) is 10.2 Å². The lowest BCUT2D eigenvalue weighted by Gasteiger charge is -2.25. The van der Waals surface area contributed by atoms with Gasteiger partial charge in [-0.15, -0.1) is 0 Å². The summed E-state index contributed by atoms with van der Waals surface area (Å²) in [5.41, 5.74) is 2.70. The molecule has 2 heterocycles. The molecule has 182 valence electrons. The first-order valence-corrected chi connectivity index (χ1v) is 11.6. The SMILES string of the molecule is COc1ccc2cc(-c3nc(C(C)(C)CNC(=O)OC(C)(C)C)[nH]c3-c3ccncc3)ccc2c1. The number of ether oxygens (including phenoxy) is 2. The lowest BCUT2D eigenvalue weighted by molar-refractivity contribution is 0.0516. The van der Waals surface area contributed by atoms with Gasteiger partial charge in [0, 0.05) is 35.5 Å². The number of rotatable bonds is 6. The van der Waals surface area contributed by atoms with Crippen molar-refractivity contribution >= 4 is 16.9 Å². The molecule has 0 bridgehead atoms. The summed E-state index contributed by atoms with van der Waals surface area (Å²) in [5.74, 6) is 1.59. The van der Waals surface area contributed by atoms with E-state index in [9.17, 15) is 4.79 Å². The van der Waals surface area contributed by atoms with E-state index in [4.69, 9.17) is 14.5 Å². The van der Waals surface area contributed by atoms with Gasteiger partial charge >= 0.3 is 6.09 Å². The molecular weight excluding hydrogens is 440 g/mol. The number of methoxy groups -OCH3 is 1. The molecule has 35 heavy (non-hydrogen) atoms. The van der Waals surface area contributed by atoms with Gasteiger partial charge in [0.1, 0.15) is 17.2 Å². The van der Waals surface area contributed by atoms with Crippen LogP contribution in [0.3, 0.4) is 0 Å². The number of nitrogens with one attached hydrogen (secondary N) is 2. The number of benzene rings is 2. The van der Waals surface area contributed by atoms with E-state index in [2.05, 4.69) is 33.5 Å². The lowest BCUT2D eigenvalue weighted by atomic mass is 9.92. The minimum absolute atomic E-state index is 0.363. The number of alkyl carbamates (subject to hydrolysis) is 1. The van der Waals surface area contributed by atoms with E-state index in [1.165, 1.54) is 0 Å². The molecule has 0 atom stereocenters. The highest BCUT2D eigenvalue weighted by atomic mass is 16.6. The van der Waals surface area contributed by atoms with Crippen LogP contribution in [0.5, 0.6) is 5.75 Å². The number of carbonyl (C=O) groups excluding carboxylic acids is 1. The number of aromatic nitrogens is 3. The van der Waals surface area contributed by atoms with Crippen molar-refractivity contribution in [3.05, 3.63) is 66.7 Å². The number of carbonyl (C=O) groups is 1. The number of hydrogen-bond acceptors (Lipinski definition) is 5. The number of imidazole rings is 1. The first-order chi connectivity index (χ1) is 16.6. The maximum absolute atomic E-state index is 12.2. The second-order valence-corrected chi connectivity index (χ2v) is 10.2. The third kappa shape index (κ3) is 5.62. The molecule has 7 nitrogen and oxygen atoms in total. The summed E-state index contributed by atoms with van der Waals surface area (Å²) in [6.07, 6.45) is 3.08. The third-order valence-corrected chi connectivity index (χ3v) is 5.71. The van der Waals surface area contributed by atoms with Crippen molar-refractivity contribution in [3.8, 4) is 28.3 Å². The average Bonchev–Trinajstić information content (AvgIpc) is 3.28. The fourth-order valence-electron chi connectivity index (χ4n) is 3.82. The van der Waals surface area contributed by atoms with Gasteiger partial charge in [0.15, 0.2) is 0 Å². The Hall–Kier alpha value is -3.87. The van der Waals surface area contributed by atoms with Crippen molar-refractivity contribution in [3.63, 3.8) is 0 Å². The van der Waals surface area contributed by atoms with E-state index in [-0.39, 0.29) is 0 Å². The van der Waals surface area contributed by atoms with E-state index in [1.54, 1.807) is 19.5 Å². The Bertz CT molecular complexity index is 1340. The van der Waals surface area contributed by atoms with Gasteiger partial charge in [-0.1, -0.05) is 32.0 Å². The average molecular weight is 473 g/mol. The van der Waals surface area contributed by atoms with Gasteiger partial charge in [-0.2, -0.15) is 0 Å². The van der Waals surface area contributed by atoms with Gasteiger partial charge in [-0.05, 0) is 61.9 Å². The second kappa shape index (κ2) is 9.41. The van der Waals surface area contributed by atoms with Crippen LogP contribution in [0.4, 0.5) is 4.79 Å². The Balaban J connectivity index is 1.71. The maximum atomic E-state index is 12.2. The molecule has 2 aromatic carbocycles. The standard InChI is InChI=1S/C28H32N4O3/c1-27(2,3)35-26(33)30-17-28(4,5)25-31-23(18-11-13-29-14-12-18)24(32-25)21-8-7-20-16-22(34-6)10-9-19(20)15-21/h7-16H,17H2,1-6H3,(H,30,33)(H,31,32). The smallest absolute Gasteiger partial charge is 0.407 e. The summed E-state index contributed by atoms with van der Waals surface area (Å²) in [6, 6.07) is 16.2. The Labute approximate surface area is 205 Å². The Morgan fingerprint density at radius 3 is 2.31 bits per heavy atom. The van der Waals surface area contributed by atoms with E-state index in [0.29, 0.717) is 6.54 Å². The van der Waals surface area contributed by atoms with Crippen molar-refractivity contribution < 1.29 is 14.3 Å². The number of amides is 1. The Morgan fingerprint density at radius 1 is 0.943 bits per heavy atom. The molecule has 0 unspecified atom stereocenters. The number of nitrogens with zero attached hydrogens (tertiary/aromatic N) is 2. The Kier molecular flexibility index (Phi) is 6.52. The van der Waals surface area contributed by atoms with E-state index < -0.39 is 17.1 Å². The fraction of sp³-hybridized carbons (Fsp3) is 0.321. The first-order valence-electron chi connectivity index (χ1n) is 11.6. The van der Waals surface area contributed by atoms with Crippen LogP contribution in [0.2, 0.25) is 0 Å². The van der Waals surface area contributed by atoms with Crippen LogP contribution in [-0.4, -0.2) is 40.3 Å². The minimum atomic E-state index is -0.555. The predicted molar refractivity (Wildman–Crippen MR) is 139 cm³/mol. The molecular formula is C28H32N4O3. The highest BCUT2D eigenvalue weighted by molar-refractivity contribution is 5.90. The zero-order valence-electron chi connectivity index (χ0n) is 21.1. The van der Waals surface area contributed by atoms with Crippen LogP contribution in [0, 0.1) is 0 Å². The molecule has 0 saturated carbocycles. The van der Waals surface area contributed by atoms with Gasteiger partial charge in [-0.3, -0.25) is 4.98 Å². The fourth-order valence-corrected chi connectivity index (χ4v) is 3.82. The number of aromatic amines is 1. The molecule has 2 N–H and O–H groups in total. The summed E-state index contributed by atoms with van der Waals surface area (Å²) >= 11 is 0. The highest BCUT2D eigenvalue weighted by Crippen LogP contribution is 2.35. The van der Waals surface area contributed by atoms with Crippen LogP contribution in [0.25, 0.3) is 33.3 Å². The molecule has 0 radical (unpaired) electrons. The summed E-state index contributed by atoms with van der Waals surface area (Å²) in [7, 11) is 1.67. The van der Waals surface area contributed by atoms with Crippen LogP contribution < -0.4 is 10.1 Å². The van der Waals surface area contributed by atoms with Crippen LogP contribution in [0.15, 0.2) is 60.9 Å². The van der Waals surface area contributed by atoms with Crippen LogP contribution in [0.1, 0.15) is 40.4 Å². The molecule has 4 rings (SSSR count). The summed E-state index contributed by atoms with van der Waals surface area (Å²) in [4.78, 5) is 25.0. The molecule has 0 aliphatic heterocycles. The van der Waals surface area contributed by atoms with Crippen molar-refractivity contribution in [2.75, 3.05) is 13.7 Å². The van der Waals surface area contributed by atoms with Crippen molar-refractivity contribution in [1.82, 2.24) is 20.3 Å². The van der Waals surface area contributed by atoms with Crippen molar-refractivity contribution in [2.24, 2.45) is 0 Å². The molecule has 0 spiro atoms. The Morgan fingerprint density at radius 2 is 1.63 bits per heavy atom. The number of hydrogen-bond donors (Lipinski definition) is 2. The normalized spacial score (nSPS) is 11.9. The summed E-state index contributed by atoms with van der Waals surface area (Å²) < 4.78 is 10.8. The topological polar surface area (TPSA) is 89.1 Å². The minimum Gasteiger partial charge on any atom is -0.497 e. The second-order valence-electron chi connectivity index (χ2n) is 10.2. The van der Waals surface area contributed by atoms with Gasteiger partial charge in [-0.25, -0.2) is 9.78 Å². The first kappa shape index (κ1) is 24.3. The number of fused-ring (bicyclic) bond motifs is 1. The van der Waals surface area contributed by atoms with E-state index in [0.717, 1.165) is 44.9 Å². The van der Waals surface area contributed by atoms with Crippen LogP contribution >= 0.6 is 0 Å². The largest absolute Gasteiger partial charge is 0.497 e. The molecule has 0 fully saturated rings. The molecule has 0 aliphatic rings. The van der Waals surface area contributed by atoms with Gasteiger partial charge in [0.05, 0.1) is 18.5 Å². The number of H-pyrrole nitrogens is 1. The molecule has 0 saturated heterocycles. The van der Waals surface area contributed by atoms with E-state index >= 15 is 0 Å². The van der Waals surface area contributed by atoms with Gasteiger partial charge in [0.25, 0.3) is 0 Å². The quantitative estimate of drug-likeness (QED) is 0.354. The van der Waals surface area contributed by atoms with Crippen molar-refractivity contribution in [1.29, 1.82) is 0 Å². The zero-order valence-corrected chi connectivity index (χ0v) is 21.1. The lowest BCUT2D eigenvalue weighted by Crippen LogP contribution is -2.40. The molecule has 2 aromatic heterocycles. The van der Waals surface area contributed by atoms with Crippen molar-refractivity contribution in [2.45, 2.75) is 45.6 Å². The maximum Gasteiger partial charge on any atom is 0.407 e. The highest BCUT2D eigenvalue weighted by Gasteiger charge is 2.28. The summed E-state index contributed by atoms with van der Waals surface area (Å²) in [5, 5.41) is 5.07. The molecule has 1 amide bonds. The zero-order chi connectivity index (χ0) is 25.2. The predicted octanol–water partition coefficient (Wildman–Crippen LogP) is 6.10.